The van der Waals surface area contributed by atoms with E-state index in [-0.39, 0.29) is 11.9 Å². The molecule has 0 bridgehead atoms. The van der Waals surface area contributed by atoms with E-state index in [0.29, 0.717) is 17.0 Å². The number of amides is 1. The Labute approximate surface area is 139 Å². The number of nitrogens with zero attached hydrogens (tertiary/aromatic N) is 3. The molecule has 0 radical (unpaired) electrons. The third-order valence-corrected chi connectivity index (χ3v) is 4.19. The third kappa shape index (κ3) is 2.75. The molecule has 0 aliphatic rings. The number of halogens is 1. The highest BCUT2D eigenvalue weighted by Gasteiger charge is 2.33. The molecule has 1 atom stereocenters. The summed E-state index contributed by atoms with van der Waals surface area (Å²) in [7, 11) is 0. The summed E-state index contributed by atoms with van der Waals surface area (Å²) in [4.78, 5) is 12.7. The van der Waals surface area contributed by atoms with E-state index in [2.05, 4.69) is 15.5 Å². The summed E-state index contributed by atoms with van der Waals surface area (Å²) in [5.41, 5.74) is 0.0721. The van der Waals surface area contributed by atoms with Crippen LogP contribution in [0, 0.1) is 5.82 Å². The highest BCUT2D eigenvalue weighted by molar-refractivity contribution is 5.87. The second-order valence-electron chi connectivity index (χ2n) is 6.29. The van der Waals surface area contributed by atoms with Crippen LogP contribution in [0.15, 0.2) is 48.7 Å². The molecule has 0 spiro atoms. The van der Waals surface area contributed by atoms with Crippen LogP contribution in [-0.2, 0) is 10.2 Å². The maximum absolute atomic E-state index is 14.1. The van der Waals surface area contributed by atoms with Gasteiger partial charge in [0.25, 0.3) is 0 Å². The van der Waals surface area contributed by atoms with Gasteiger partial charge in [-0.05, 0) is 39.0 Å². The Morgan fingerprint density at radius 1 is 1.17 bits per heavy atom. The van der Waals surface area contributed by atoms with Crippen LogP contribution >= 0.6 is 0 Å². The van der Waals surface area contributed by atoms with Gasteiger partial charge >= 0.3 is 0 Å². The van der Waals surface area contributed by atoms with Gasteiger partial charge < -0.3 is 5.32 Å². The van der Waals surface area contributed by atoms with Crippen molar-refractivity contribution in [2.75, 3.05) is 0 Å². The average molecular weight is 326 g/mol. The predicted octanol–water partition coefficient (Wildman–Crippen LogP) is 3.02. The number of nitrogens with one attached hydrogen (secondary N) is 1. The molecule has 0 saturated carbocycles. The van der Waals surface area contributed by atoms with Gasteiger partial charge in [0.1, 0.15) is 5.82 Å². The van der Waals surface area contributed by atoms with Gasteiger partial charge in [0.05, 0.1) is 11.5 Å². The van der Waals surface area contributed by atoms with Crippen LogP contribution in [0.1, 0.15) is 38.2 Å². The van der Waals surface area contributed by atoms with E-state index >= 15 is 0 Å². The second kappa shape index (κ2) is 6.03. The fourth-order valence-electron chi connectivity index (χ4n) is 2.69. The molecule has 0 aliphatic carbocycles. The molecule has 1 N–H and O–H groups in total. The topological polar surface area (TPSA) is 59.3 Å². The smallest absolute Gasteiger partial charge is 0.230 e. The lowest BCUT2D eigenvalue weighted by Crippen LogP contribution is -2.42. The van der Waals surface area contributed by atoms with E-state index in [1.165, 1.54) is 6.07 Å². The first kappa shape index (κ1) is 16.1. The standard InChI is InChI=1S/C18H19FN4O/c1-12(16-22-21-15-10-6-7-11-23(15)16)20-17(24)18(2,3)13-8-4-5-9-14(13)19/h4-12H,1-3H3,(H,20,24). The van der Waals surface area contributed by atoms with Gasteiger partial charge in [-0.3, -0.25) is 9.20 Å². The summed E-state index contributed by atoms with van der Waals surface area (Å²) in [5, 5.41) is 11.1. The molecule has 124 valence electrons. The van der Waals surface area contributed by atoms with Crippen molar-refractivity contribution < 1.29 is 9.18 Å². The number of pyridine rings is 1. The Kier molecular flexibility index (Phi) is 4.05. The molecule has 1 aromatic carbocycles. The van der Waals surface area contributed by atoms with E-state index in [0.717, 1.165) is 0 Å². The number of hydrogen-bond donors (Lipinski definition) is 1. The molecule has 0 saturated heterocycles. The van der Waals surface area contributed by atoms with Crippen LogP contribution < -0.4 is 5.32 Å². The minimum absolute atomic E-state index is 0.271. The number of hydrogen-bond acceptors (Lipinski definition) is 3. The van der Waals surface area contributed by atoms with Crippen LogP contribution in [0.25, 0.3) is 5.65 Å². The monoisotopic (exact) mass is 326 g/mol. The molecular formula is C18H19FN4O. The number of fused-ring (bicyclic) bond motifs is 1. The van der Waals surface area contributed by atoms with Crippen LogP contribution in [0.3, 0.4) is 0 Å². The number of carbonyl (C=O) groups is 1. The molecule has 3 aromatic rings. The first-order valence-electron chi connectivity index (χ1n) is 7.77. The zero-order valence-corrected chi connectivity index (χ0v) is 13.8. The first-order chi connectivity index (χ1) is 11.4. The number of aromatic nitrogens is 3. The Morgan fingerprint density at radius 2 is 1.88 bits per heavy atom. The van der Waals surface area contributed by atoms with E-state index in [1.54, 1.807) is 32.0 Å². The van der Waals surface area contributed by atoms with Crippen molar-refractivity contribution in [1.29, 1.82) is 0 Å². The van der Waals surface area contributed by atoms with Crippen molar-refractivity contribution in [3.63, 3.8) is 0 Å². The normalized spacial score (nSPS) is 13.0. The summed E-state index contributed by atoms with van der Waals surface area (Å²) < 4.78 is 15.9. The lowest BCUT2D eigenvalue weighted by atomic mass is 9.83. The third-order valence-electron chi connectivity index (χ3n) is 4.19. The molecule has 24 heavy (non-hydrogen) atoms. The summed E-state index contributed by atoms with van der Waals surface area (Å²) in [6.07, 6.45) is 1.84. The van der Waals surface area contributed by atoms with E-state index in [9.17, 15) is 9.18 Å². The minimum Gasteiger partial charge on any atom is -0.346 e. The highest BCUT2D eigenvalue weighted by Crippen LogP contribution is 2.27. The van der Waals surface area contributed by atoms with Gasteiger partial charge in [-0.1, -0.05) is 24.3 Å². The predicted molar refractivity (Wildman–Crippen MR) is 89.0 cm³/mol. The second-order valence-corrected chi connectivity index (χ2v) is 6.29. The van der Waals surface area contributed by atoms with E-state index in [4.69, 9.17) is 0 Å². The fraction of sp³-hybridized carbons (Fsp3) is 0.278. The lowest BCUT2D eigenvalue weighted by molar-refractivity contribution is -0.126. The molecule has 5 nitrogen and oxygen atoms in total. The Hall–Kier alpha value is -2.76. The Bertz CT molecular complexity index is 887. The fourth-order valence-corrected chi connectivity index (χ4v) is 2.69. The highest BCUT2D eigenvalue weighted by atomic mass is 19.1. The SMILES string of the molecule is CC(NC(=O)C(C)(C)c1ccccc1F)c1nnc2ccccn12. The summed E-state index contributed by atoms with van der Waals surface area (Å²) in [5.74, 6) is -0.0331. The van der Waals surface area contributed by atoms with Gasteiger partial charge in [0, 0.05) is 11.8 Å². The molecule has 2 aromatic heterocycles. The van der Waals surface area contributed by atoms with Gasteiger partial charge in [-0.15, -0.1) is 10.2 Å². The van der Waals surface area contributed by atoms with Gasteiger partial charge in [0.15, 0.2) is 11.5 Å². The van der Waals surface area contributed by atoms with Crippen LogP contribution in [0.4, 0.5) is 4.39 Å². The van der Waals surface area contributed by atoms with Crippen molar-refractivity contribution in [2.45, 2.75) is 32.2 Å². The lowest BCUT2D eigenvalue weighted by Gasteiger charge is -2.26. The zero-order valence-electron chi connectivity index (χ0n) is 13.8. The van der Waals surface area contributed by atoms with Crippen LogP contribution in [-0.4, -0.2) is 20.5 Å². The maximum Gasteiger partial charge on any atom is 0.230 e. The van der Waals surface area contributed by atoms with E-state index in [1.807, 2.05) is 35.7 Å². The summed E-state index contributed by atoms with van der Waals surface area (Å²) in [6, 6.07) is 11.6. The number of benzene rings is 1. The molecule has 3 rings (SSSR count). The largest absolute Gasteiger partial charge is 0.346 e. The molecule has 6 heteroatoms. The summed E-state index contributed by atoms with van der Waals surface area (Å²) >= 11 is 0. The number of rotatable bonds is 4. The van der Waals surface area contributed by atoms with Crippen LogP contribution in [0.2, 0.25) is 0 Å². The Morgan fingerprint density at radius 3 is 2.62 bits per heavy atom. The Balaban J connectivity index is 1.85. The van der Waals surface area contributed by atoms with Crippen molar-refractivity contribution in [1.82, 2.24) is 19.9 Å². The van der Waals surface area contributed by atoms with Crippen molar-refractivity contribution >= 4 is 11.6 Å². The maximum atomic E-state index is 14.1. The molecule has 1 unspecified atom stereocenters. The van der Waals surface area contributed by atoms with Crippen molar-refractivity contribution in [2.24, 2.45) is 0 Å². The quantitative estimate of drug-likeness (QED) is 0.802. The summed E-state index contributed by atoms with van der Waals surface area (Å²) in [6.45, 7) is 5.24. The molecule has 0 aliphatic heterocycles. The van der Waals surface area contributed by atoms with E-state index < -0.39 is 11.2 Å². The minimum atomic E-state index is -1.000. The average Bonchev–Trinajstić information content (AvgIpc) is 2.99. The van der Waals surface area contributed by atoms with Crippen molar-refractivity contribution in [3.8, 4) is 0 Å². The van der Waals surface area contributed by atoms with Gasteiger partial charge in [0.2, 0.25) is 5.91 Å². The van der Waals surface area contributed by atoms with Gasteiger partial charge in [-0.25, -0.2) is 4.39 Å². The van der Waals surface area contributed by atoms with Crippen molar-refractivity contribution in [3.05, 3.63) is 65.9 Å². The molecule has 0 fully saturated rings. The first-order valence-corrected chi connectivity index (χ1v) is 7.77. The number of carbonyl (C=O) groups excluding carboxylic acids is 1. The van der Waals surface area contributed by atoms with Crippen LogP contribution in [0.5, 0.6) is 0 Å². The molecule has 1 amide bonds. The molecule has 2 heterocycles. The molecular weight excluding hydrogens is 307 g/mol. The zero-order chi connectivity index (χ0) is 17.3. The van der Waals surface area contributed by atoms with Gasteiger partial charge in [-0.2, -0.15) is 0 Å².